The van der Waals surface area contributed by atoms with E-state index in [1.165, 1.54) is 19.6 Å². The van der Waals surface area contributed by atoms with Crippen LogP contribution in [0.1, 0.15) is 0 Å². The predicted molar refractivity (Wildman–Crippen MR) is 107 cm³/mol. The van der Waals surface area contributed by atoms with Gasteiger partial charge in [0.15, 0.2) is 14.7 Å². The molecule has 152 valence electrons. The zero-order chi connectivity index (χ0) is 20.9. The number of halogens is 6. The van der Waals surface area contributed by atoms with Crippen molar-refractivity contribution in [1.29, 1.82) is 0 Å². The van der Waals surface area contributed by atoms with E-state index in [-0.39, 0.29) is 10.9 Å². The third kappa shape index (κ3) is 9.04. The summed E-state index contributed by atoms with van der Waals surface area (Å²) in [5.74, 6) is 0. The Morgan fingerprint density at radius 2 is 0.893 bits per heavy atom. The van der Waals surface area contributed by atoms with Crippen molar-refractivity contribution in [2.45, 2.75) is 19.6 Å². The molecule has 0 N–H and O–H groups in total. The van der Waals surface area contributed by atoms with Gasteiger partial charge in [0.05, 0.1) is 10.9 Å². The maximum atomic E-state index is 9.87. The van der Waals surface area contributed by atoms with Crippen LogP contribution in [-0.2, 0) is 10.9 Å². The van der Waals surface area contributed by atoms with Crippen molar-refractivity contribution in [3.63, 3.8) is 0 Å². The number of thioether (sulfide) groups is 1. The maximum absolute atomic E-state index is 10.7. The Balaban J connectivity index is 0.000000345. The van der Waals surface area contributed by atoms with Crippen LogP contribution in [0.3, 0.4) is 0 Å². The van der Waals surface area contributed by atoms with Crippen LogP contribution in [0.15, 0.2) is 105 Å². The summed E-state index contributed by atoms with van der Waals surface area (Å²) in [7, 11) is -10.7. The van der Waals surface area contributed by atoms with Gasteiger partial charge < -0.3 is 0 Å². The van der Waals surface area contributed by atoms with Crippen LogP contribution in [0.5, 0.6) is 0 Å². The summed E-state index contributed by atoms with van der Waals surface area (Å²) in [5.41, 5.74) is 0. The molecule has 0 unspecified atom stereocenters. The number of hydrogen-bond acceptors (Lipinski definition) is 1. The third-order valence-corrected chi connectivity index (χ3v) is 6.23. The van der Waals surface area contributed by atoms with Crippen molar-refractivity contribution in [2.24, 2.45) is 0 Å². The topological polar surface area (TPSA) is 0 Å². The van der Waals surface area contributed by atoms with Crippen LogP contribution < -0.4 is 0 Å². The summed E-state index contributed by atoms with van der Waals surface area (Å²) in [4.78, 5) is 5.40. The number of benzene rings is 3. The number of rotatable bonds is 4. The van der Waals surface area contributed by atoms with Crippen LogP contribution in [0.4, 0.5) is 25.2 Å². The van der Waals surface area contributed by atoms with E-state index < -0.39 is 7.81 Å². The van der Waals surface area contributed by atoms with Gasteiger partial charge in [-0.2, -0.15) is 0 Å². The fourth-order valence-corrected chi connectivity index (χ4v) is 4.72. The summed E-state index contributed by atoms with van der Waals surface area (Å²) in [5, 5.41) is 0. The zero-order valence-electron chi connectivity index (χ0n) is 14.6. The summed E-state index contributed by atoms with van der Waals surface area (Å²) in [6.07, 6.45) is 2.11. The Bertz CT molecular complexity index is 832. The minimum atomic E-state index is -10.7. The molecular formula is C19H17F6PS2. The Morgan fingerprint density at radius 3 is 1.21 bits per heavy atom. The van der Waals surface area contributed by atoms with Crippen molar-refractivity contribution in [2.75, 3.05) is 6.26 Å². The monoisotopic (exact) mass is 454 g/mol. The molecule has 0 aliphatic rings. The normalized spacial score (nSPS) is 13.9. The molecule has 0 saturated heterocycles. The number of hydrogen-bond donors (Lipinski definition) is 0. The van der Waals surface area contributed by atoms with Gasteiger partial charge in [-0.1, -0.05) is 36.4 Å². The first-order valence-electron chi connectivity index (χ1n) is 7.88. The summed E-state index contributed by atoms with van der Waals surface area (Å²) < 4.78 is 59.2. The molecule has 28 heavy (non-hydrogen) atoms. The van der Waals surface area contributed by atoms with Gasteiger partial charge in [-0.25, -0.2) is 0 Å². The second kappa shape index (κ2) is 8.01. The van der Waals surface area contributed by atoms with Crippen molar-refractivity contribution < 1.29 is 25.2 Å². The average molecular weight is 454 g/mol. The van der Waals surface area contributed by atoms with E-state index >= 15 is 0 Å². The summed E-state index contributed by atoms with van der Waals surface area (Å²) in [6, 6.07) is 30.5. The first kappa shape index (κ1) is 22.7. The summed E-state index contributed by atoms with van der Waals surface area (Å²) >= 11 is 1.78. The van der Waals surface area contributed by atoms with E-state index in [0.29, 0.717) is 0 Å². The standard InChI is InChI=1S/C19H17S2.F6P/c1-20-16-12-14-19(15-13-16)21(17-8-4-2-5-9-17)18-10-6-3-7-11-18;1-7(2,3,4,5)6/h2-15H,1H3;/q+1;-1. The van der Waals surface area contributed by atoms with Gasteiger partial charge in [-0.15, -0.1) is 11.8 Å². The molecule has 0 aliphatic heterocycles. The summed E-state index contributed by atoms with van der Waals surface area (Å²) in [6.45, 7) is 0. The third-order valence-electron chi connectivity index (χ3n) is 3.25. The molecule has 0 fully saturated rings. The molecule has 9 heteroatoms. The van der Waals surface area contributed by atoms with E-state index in [1.54, 1.807) is 11.8 Å². The SMILES string of the molecule is CSc1ccc([S+](c2ccccc2)c2ccccc2)cc1.F[P-](F)(F)(F)(F)F. The molecule has 0 spiro atoms. The van der Waals surface area contributed by atoms with Crippen LogP contribution in [0.2, 0.25) is 0 Å². The molecule has 0 amide bonds. The van der Waals surface area contributed by atoms with E-state index in [9.17, 15) is 25.2 Å². The fraction of sp³-hybridized carbons (Fsp3) is 0.0526. The first-order chi connectivity index (χ1) is 12.8. The molecule has 0 saturated carbocycles. The van der Waals surface area contributed by atoms with Crippen molar-refractivity contribution >= 4 is 30.5 Å². The Labute approximate surface area is 166 Å². The fourth-order valence-electron chi connectivity index (χ4n) is 2.23. The molecule has 0 radical (unpaired) electrons. The van der Waals surface area contributed by atoms with Gasteiger partial charge in [0.25, 0.3) is 0 Å². The van der Waals surface area contributed by atoms with Crippen molar-refractivity contribution in [3.05, 3.63) is 84.9 Å². The van der Waals surface area contributed by atoms with Crippen molar-refractivity contribution in [1.82, 2.24) is 0 Å². The molecule has 3 aromatic carbocycles. The molecule has 0 aliphatic carbocycles. The second-order valence-corrected chi connectivity index (χ2v) is 10.4. The van der Waals surface area contributed by atoms with Gasteiger partial charge >= 0.3 is 33.0 Å². The van der Waals surface area contributed by atoms with E-state index in [1.807, 2.05) is 0 Å². The van der Waals surface area contributed by atoms with Gasteiger partial charge in [-0.05, 0) is 54.8 Å². The molecule has 0 aromatic heterocycles. The minimum absolute atomic E-state index is 0.0341. The van der Waals surface area contributed by atoms with Gasteiger partial charge in [0, 0.05) is 4.90 Å². The van der Waals surface area contributed by atoms with Crippen molar-refractivity contribution in [3.8, 4) is 0 Å². The molecule has 0 bridgehead atoms. The Kier molecular flexibility index (Phi) is 6.48. The Morgan fingerprint density at radius 1 is 0.571 bits per heavy atom. The zero-order valence-corrected chi connectivity index (χ0v) is 17.1. The quantitative estimate of drug-likeness (QED) is 0.164. The van der Waals surface area contributed by atoms with Gasteiger partial charge in [0.1, 0.15) is 0 Å². The molecule has 3 rings (SSSR count). The molecule has 0 nitrogen and oxygen atoms in total. The van der Waals surface area contributed by atoms with Crippen LogP contribution in [0, 0.1) is 0 Å². The van der Waals surface area contributed by atoms with Crippen LogP contribution >= 0.6 is 19.6 Å². The van der Waals surface area contributed by atoms with E-state index in [4.69, 9.17) is 0 Å². The second-order valence-electron chi connectivity index (χ2n) is 5.57. The molecule has 3 aromatic rings. The van der Waals surface area contributed by atoms with E-state index in [0.717, 1.165) is 0 Å². The van der Waals surface area contributed by atoms with Crippen LogP contribution in [-0.4, -0.2) is 6.26 Å². The average Bonchev–Trinajstić information content (AvgIpc) is 2.62. The van der Waals surface area contributed by atoms with E-state index in [2.05, 4.69) is 91.2 Å². The van der Waals surface area contributed by atoms with Gasteiger partial charge in [-0.3, -0.25) is 0 Å². The molecule has 0 heterocycles. The predicted octanol–water partition coefficient (Wildman–Crippen LogP) is 8.89. The van der Waals surface area contributed by atoms with Gasteiger partial charge in [0.2, 0.25) is 0 Å². The first-order valence-corrected chi connectivity index (χ1v) is 12.4. The molecule has 0 atom stereocenters. The van der Waals surface area contributed by atoms with Crippen LogP contribution in [0.25, 0.3) is 0 Å². The Hall–Kier alpha value is -1.63. The molecular weight excluding hydrogens is 437 g/mol.